The largest absolute Gasteiger partial charge is 0.493 e. The fraction of sp³-hybridized carbons (Fsp3) is 0.421. The Bertz CT molecular complexity index is 752. The highest BCUT2D eigenvalue weighted by atomic mass is 35.5. The van der Waals surface area contributed by atoms with Crippen molar-refractivity contribution in [1.29, 1.82) is 0 Å². The monoisotopic (exact) mass is 411 g/mol. The van der Waals surface area contributed by atoms with Gasteiger partial charge in [0.25, 0.3) is 0 Å². The quantitative estimate of drug-likeness (QED) is 0.434. The van der Waals surface area contributed by atoms with E-state index in [0.717, 1.165) is 22.7 Å². The minimum atomic E-state index is -0.642. The molecule has 0 aliphatic heterocycles. The van der Waals surface area contributed by atoms with Gasteiger partial charge in [0.1, 0.15) is 6.10 Å². The lowest BCUT2D eigenvalue weighted by Gasteiger charge is -2.15. The van der Waals surface area contributed by atoms with Crippen LogP contribution in [0.4, 0.5) is 0 Å². The van der Waals surface area contributed by atoms with Crippen LogP contribution in [0.5, 0.6) is 11.5 Å². The first-order valence-corrected chi connectivity index (χ1v) is 10.0. The number of nitrogens with zero attached hydrogens (tertiary/aromatic N) is 1. The number of hydrogen-bond acceptors (Lipinski definition) is 5. The molecular weight excluding hydrogens is 386 g/mol. The number of hydrogen-bond donors (Lipinski definition) is 3. The number of ether oxygens (including phenoxy) is 2. The summed E-state index contributed by atoms with van der Waals surface area (Å²) in [5, 5.41) is 16.6. The summed E-state index contributed by atoms with van der Waals surface area (Å²) in [7, 11) is 1.62. The van der Waals surface area contributed by atoms with Crippen molar-refractivity contribution in [2.24, 2.45) is 4.99 Å². The lowest BCUT2D eigenvalue weighted by atomic mass is 10.2. The molecule has 0 spiro atoms. The molecule has 8 heteroatoms. The van der Waals surface area contributed by atoms with E-state index in [9.17, 15) is 5.11 Å². The van der Waals surface area contributed by atoms with Crippen molar-refractivity contribution < 1.29 is 14.6 Å². The molecule has 1 heterocycles. The predicted molar refractivity (Wildman–Crippen MR) is 111 cm³/mol. The van der Waals surface area contributed by atoms with Gasteiger partial charge in [0, 0.05) is 18.0 Å². The average molecular weight is 412 g/mol. The van der Waals surface area contributed by atoms with Gasteiger partial charge in [-0.2, -0.15) is 0 Å². The molecule has 1 aromatic heterocycles. The maximum Gasteiger partial charge on any atom is 0.191 e. The molecule has 148 valence electrons. The number of rotatable bonds is 9. The second kappa shape index (κ2) is 11.0. The molecule has 0 bridgehead atoms. The fourth-order valence-electron chi connectivity index (χ4n) is 2.40. The normalized spacial score (nSPS) is 12.6. The molecule has 0 saturated carbocycles. The Kier molecular flexibility index (Phi) is 8.71. The number of benzene rings is 1. The Hall–Kier alpha value is -1.96. The van der Waals surface area contributed by atoms with Crippen LogP contribution in [0.25, 0.3) is 0 Å². The lowest BCUT2D eigenvalue weighted by molar-refractivity contribution is 0.184. The summed E-state index contributed by atoms with van der Waals surface area (Å²) >= 11 is 7.29. The summed E-state index contributed by atoms with van der Waals surface area (Å²) in [5.74, 6) is 2.04. The molecule has 27 heavy (non-hydrogen) atoms. The SMILES string of the molecule is CCNC(=NCc1ccc(OCC)c(OC)c1)NCC(O)c1ccc(Cl)s1. The average Bonchev–Trinajstić information content (AvgIpc) is 3.11. The summed E-state index contributed by atoms with van der Waals surface area (Å²) in [4.78, 5) is 5.39. The van der Waals surface area contributed by atoms with Crippen LogP contribution in [0.3, 0.4) is 0 Å². The smallest absolute Gasteiger partial charge is 0.191 e. The molecular formula is C19H26ClN3O3S. The van der Waals surface area contributed by atoms with Crippen LogP contribution >= 0.6 is 22.9 Å². The molecule has 0 amide bonds. The molecule has 6 nitrogen and oxygen atoms in total. The minimum absolute atomic E-state index is 0.343. The number of methoxy groups -OCH3 is 1. The molecule has 3 N–H and O–H groups in total. The van der Waals surface area contributed by atoms with Gasteiger partial charge in [-0.3, -0.25) is 0 Å². The van der Waals surface area contributed by atoms with Gasteiger partial charge in [-0.1, -0.05) is 17.7 Å². The lowest BCUT2D eigenvalue weighted by Crippen LogP contribution is -2.39. The van der Waals surface area contributed by atoms with E-state index >= 15 is 0 Å². The Morgan fingerprint density at radius 1 is 1.22 bits per heavy atom. The zero-order chi connectivity index (χ0) is 19.6. The van der Waals surface area contributed by atoms with Crippen molar-refractivity contribution in [1.82, 2.24) is 10.6 Å². The van der Waals surface area contributed by atoms with Crippen LogP contribution in [0, 0.1) is 0 Å². The van der Waals surface area contributed by atoms with Crippen LogP contribution in [-0.4, -0.2) is 37.9 Å². The predicted octanol–water partition coefficient (Wildman–Crippen LogP) is 3.60. The Labute approximate surface area is 169 Å². The fourth-order valence-corrected chi connectivity index (χ4v) is 3.45. The molecule has 0 fully saturated rings. The molecule has 1 unspecified atom stereocenters. The highest BCUT2D eigenvalue weighted by Crippen LogP contribution is 2.28. The summed E-state index contributed by atoms with van der Waals surface area (Å²) < 4.78 is 11.6. The van der Waals surface area contributed by atoms with E-state index < -0.39 is 6.10 Å². The standard InChI is InChI=1S/C19H26ClN3O3S/c1-4-21-19(23-12-14(24)17-8-9-18(20)27-17)22-11-13-6-7-15(26-5-2)16(10-13)25-3/h6-10,14,24H,4-5,11-12H2,1-3H3,(H2,21,22,23). The van der Waals surface area contributed by atoms with Gasteiger partial charge in [-0.15, -0.1) is 11.3 Å². The van der Waals surface area contributed by atoms with Crippen molar-refractivity contribution in [3.05, 3.63) is 45.1 Å². The first kappa shape index (κ1) is 21.3. The number of halogens is 1. The summed E-state index contributed by atoms with van der Waals surface area (Å²) in [6, 6.07) is 9.38. The number of aliphatic hydroxyl groups excluding tert-OH is 1. The number of aliphatic hydroxyl groups is 1. The van der Waals surface area contributed by atoms with Crippen LogP contribution in [0.15, 0.2) is 35.3 Å². The number of guanidine groups is 1. The molecule has 2 rings (SSSR count). The number of aliphatic imine (C=N–C) groups is 1. The second-order valence-electron chi connectivity index (χ2n) is 5.65. The first-order chi connectivity index (χ1) is 13.1. The van der Waals surface area contributed by atoms with Crippen molar-refractivity contribution in [3.63, 3.8) is 0 Å². The van der Waals surface area contributed by atoms with Gasteiger partial charge >= 0.3 is 0 Å². The van der Waals surface area contributed by atoms with Gasteiger partial charge in [-0.05, 0) is 43.7 Å². The molecule has 0 saturated heterocycles. The zero-order valence-corrected chi connectivity index (χ0v) is 17.4. The minimum Gasteiger partial charge on any atom is -0.493 e. The van der Waals surface area contributed by atoms with E-state index in [1.165, 1.54) is 11.3 Å². The number of thiophene rings is 1. The molecule has 2 aromatic rings. The zero-order valence-electron chi connectivity index (χ0n) is 15.8. The topological polar surface area (TPSA) is 75.1 Å². The number of nitrogens with one attached hydrogen (secondary N) is 2. The molecule has 1 atom stereocenters. The van der Waals surface area contributed by atoms with Crippen LogP contribution in [-0.2, 0) is 6.54 Å². The van der Waals surface area contributed by atoms with Gasteiger partial charge in [-0.25, -0.2) is 4.99 Å². The second-order valence-corrected chi connectivity index (χ2v) is 7.40. The Morgan fingerprint density at radius 3 is 2.67 bits per heavy atom. The Morgan fingerprint density at radius 2 is 2.04 bits per heavy atom. The van der Waals surface area contributed by atoms with Crippen molar-refractivity contribution in [2.45, 2.75) is 26.5 Å². The van der Waals surface area contributed by atoms with Gasteiger partial charge in [0.2, 0.25) is 0 Å². The van der Waals surface area contributed by atoms with E-state index in [2.05, 4.69) is 15.6 Å². The van der Waals surface area contributed by atoms with E-state index in [0.29, 0.717) is 35.7 Å². The van der Waals surface area contributed by atoms with E-state index in [-0.39, 0.29) is 0 Å². The van der Waals surface area contributed by atoms with Crippen molar-refractivity contribution in [2.75, 3.05) is 26.8 Å². The highest BCUT2D eigenvalue weighted by molar-refractivity contribution is 7.16. The molecule has 0 aliphatic carbocycles. The highest BCUT2D eigenvalue weighted by Gasteiger charge is 2.11. The third-order valence-corrected chi connectivity index (χ3v) is 5.01. The van der Waals surface area contributed by atoms with Gasteiger partial charge in [0.05, 0.1) is 24.6 Å². The third kappa shape index (κ3) is 6.61. The maximum absolute atomic E-state index is 10.3. The van der Waals surface area contributed by atoms with Crippen LogP contribution in [0.1, 0.15) is 30.4 Å². The third-order valence-electron chi connectivity index (χ3n) is 3.68. The van der Waals surface area contributed by atoms with E-state index in [1.807, 2.05) is 38.1 Å². The van der Waals surface area contributed by atoms with Gasteiger partial charge in [0.15, 0.2) is 17.5 Å². The molecule has 0 radical (unpaired) electrons. The molecule has 1 aromatic carbocycles. The summed E-state index contributed by atoms with van der Waals surface area (Å²) in [6.07, 6.45) is -0.642. The van der Waals surface area contributed by atoms with Crippen LogP contribution < -0.4 is 20.1 Å². The summed E-state index contributed by atoms with van der Waals surface area (Å²) in [5.41, 5.74) is 0.998. The van der Waals surface area contributed by atoms with E-state index in [1.54, 1.807) is 13.2 Å². The van der Waals surface area contributed by atoms with Crippen LogP contribution in [0.2, 0.25) is 4.34 Å². The first-order valence-electron chi connectivity index (χ1n) is 8.82. The summed E-state index contributed by atoms with van der Waals surface area (Å²) in [6.45, 7) is 6.05. The van der Waals surface area contributed by atoms with E-state index in [4.69, 9.17) is 21.1 Å². The molecule has 0 aliphatic rings. The van der Waals surface area contributed by atoms with Crippen molar-refractivity contribution in [3.8, 4) is 11.5 Å². The Balaban J connectivity index is 2.00. The maximum atomic E-state index is 10.3. The van der Waals surface area contributed by atoms with Gasteiger partial charge < -0.3 is 25.2 Å². The van der Waals surface area contributed by atoms with Crippen molar-refractivity contribution >= 4 is 28.9 Å².